The van der Waals surface area contributed by atoms with Crippen molar-refractivity contribution in [2.45, 2.75) is 19.4 Å². The Balaban J connectivity index is 1.58. The molecule has 3 aromatic rings. The fourth-order valence-corrected chi connectivity index (χ4v) is 3.29. The molecule has 1 aliphatic rings. The summed E-state index contributed by atoms with van der Waals surface area (Å²) in [7, 11) is 0. The number of amides is 2. The zero-order valence-electron chi connectivity index (χ0n) is 14.6. The van der Waals surface area contributed by atoms with Crippen LogP contribution in [0.2, 0.25) is 0 Å². The van der Waals surface area contributed by atoms with Crippen molar-refractivity contribution in [3.63, 3.8) is 0 Å². The zero-order chi connectivity index (χ0) is 19.0. The van der Waals surface area contributed by atoms with E-state index in [1.165, 1.54) is 18.2 Å². The molecule has 2 aromatic carbocycles. The number of rotatable bonds is 4. The molecule has 0 spiro atoms. The first-order chi connectivity index (χ1) is 13.0. The molecule has 0 bridgehead atoms. The van der Waals surface area contributed by atoms with Gasteiger partial charge in [-0.05, 0) is 30.7 Å². The molecule has 1 aromatic heterocycles. The lowest BCUT2D eigenvalue weighted by Crippen LogP contribution is -2.23. The number of aryl methyl sites for hydroxylation is 1. The van der Waals surface area contributed by atoms with E-state index in [4.69, 9.17) is 0 Å². The Morgan fingerprint density at radius 1 is 1.22 bits per heavy atom. The molecule has 1 unspecified atom stereocenters. The van der Waals surface area contributed by atoms with Crippen molar-refractivity contribution in [2.75, 3.05) is 10.6 Å². The summed E-state index contributed by atoms with van der Waals surface area (Å²) in [5.41, 5.74) is 2.91. The number of hydrogen-bond acceptors (Lipinski definition) is 3. The van der Waals surface area contributed by atoms with E-state index in [9.17, 15) is 14.0 Å². The molecule has 2 N–H and O–H groups in total. The van der Waals surface area contributed by atoms with Crippen molar-refractivity contribution in [3.05, 3.63) is 66.1 Å². The van der Waals surface area contributed by atoms with Crippen LogP contribution in [0, 0.1) is 12.7 Å². The van der Waals surface area contributed by atoms with Gasteiger partial charge in [0.15, 0.2) is 0 Å². The Labute approximate surface area is 155 Å². The number of aromatic nitrogens is 2. The minimum atomic E-state index is -0.746. The lowest BCUT2D eigenvalue weighted by molar-refractivity contribution is -0.123. The second-order valence-electron chi connectivity index (χ2n) is 6.39. The summed E-state index contributed by atoms with van der Waals surface area (Å²) < 4.78 is 14.8. The van der Waals surface area contributed by atoms with E-state index in [0.717, 1.165) is 16.8 Å². The average molecular weight is 364 g/mol. The Morgan fingerprint density at radius 3 is 2.74 bits per heavy atom. The second-order valence-corrected chi connectivity index (χ2v) is 6.39. The summed E-state index contributed by atoms with van der Waals surface area (Å²) in [5.74, 6) is -0.525. The number of anilines is 2. The number of benzene rings is 2. The van der Waals surface area contributed by atoms with Crippen molar-refractivity contribution in [1.82, 2.24) is 9.78 Å². The van der Waals surface area contributed by atoms with Crippen molar-refractivity contribution in [3.8, 4) is 11.1 Å². The highest BCUT2D eigenvalue weighted by Gasteiger charge is 2.36. The highest BCUT2D eigenvalue weighted by Crippen LogP contribution is 2.38. The Hall–Kier alpha value is -3.48. The first-order valence-electron chi connectivity index (χ1n) is 8.54. The standard InChI is InChI=1S/C20H17FN4O2/c1-12-18(13-6-3-2-4-7-13)19-23-20(27)16(25(19)24-12)11-17(26)22-15-9-5-8-14(21)10-15/h2-10,16H,11H2,1H3,(H,22,26)(H,23,27). The highest BCUT2D eigenvalue weighted by atomic mass is 19.1. The molecule has 2 amide bonds. The third-order valence-corrected chi connectivity index (χ3v) is 4.47. The molecule has 0 radical (unpaired) electrons. The summed E-state index contributed by atoms with van der Waals surface area (Å²) >= 11 is 0. The van der Waals surface area contributed by atoms with Crippen LogP contribution in [0.5, 0.6) is 0 Å². The summed E-state index contributed by atoms with van der Waals surface area (Å²) in [4.78, 5) is 24.8. The minimum Gasteiger partial charge on any atom is -0.326 e. The number of nitrogens with one attached hydrogen (secondary N) is 2. The lowest BCUT2D eigenvalue weighted by Gasteiger charge is -2.10. The second kappa shape index (κ2) is 6.68. The summed E-state index contributed by atoms with van der Waals surface area (Å²) in [6.07, 6.45) is -0.0926. The van der Waals surface area contributed by atoms with Crippen LogP contribution in [0.1, 0.15) is 18.2 Å². The topological polar surface area (TPSA) is 76.0 Å². The maximum absolute atomic E-state index is 13.3. The molecule has 7 heteroatoms. The van der Waals surface area contributed by atoms with Gasteiger partial charge in [-0.1, -0.05) is 36.4 Å². The largest absolute Gasteiger partial charge is 0.326 e. The van der Waals surface area contributed by atoms with Crippen molar-refractivity contribution in [1.29, 1.82) is 0 Å². The smallest absolute Gasteiger partial charge is 0.251 e. The van der Waals surface area contributed by atoms with Crippen LogP contribution >= 0.6 is 0 Å². The quantitative estimate of drug-likeness (QED) is 0.744. The Kier molecular flexibility index (Phi) is 4.19. The van der Waals surface area contributed by atoms with E-state index in [1.54, 1.807) is 10.7 Å². The molecule has 0 saturated heterocycles. The van der Waals surface area contributed by atoms with Gasteiger partial charge in [0, 0.05) is 11.3 Å². The van der Waals surface area contributed by atoms with E-state index in [0.29, 0.717) is 11.5 Å². The number of carbonyl (C=O) groups excluding carboxylic acids is 2. The van der Waals surface area contributed by atoms with Gasteiger partial charge in [-0.3, -0.25) is 9.59 Å². The lowest BCUT2D eigenvalue weighted by atomic mass is 10.1. The number of nitrogens with zero attached hydrogens (tertiary/aromatic N) is 2. The van der Waals surface area contributed by atoms with Crippen LogP contribution in [-0.2, 0) is 9.59 Å². The summed E-state index contributed by atoms with van der Waals surface area (Å²) in [6.45, 7) is 1.86. The van der Waals surface area contributed by atoms with Crippen LogP contribution < -0.4 is 10.6 Å². The summed E-state index contributed by atoms with van der Waals surface area (Å²) in [6, 6.07) is 14.5. The van der Waals surface area contributed by atoms with E-state index in [2.05, 4.69) is 15.7 Å². The number of halogens is 1. The normalized spacial score (nSPS) is 15.3. The van der Waals surface area contributed by atoms with Gasteiger partial charge < -0.3 is 10.6 Å². The van der Waals surface area contributed by atoms with Gasteiger partial charge in [-0.25, -0.2) is 9.07 Å². The van der Waals surface area contributed by atoms with Crippen molar-refractivity contribution < 1.29 is 14.0 Å². The van der Waals surface area contributed by atoms with Crippen molar-refractivity contribution in [2.24, 2.45) is 0 Å². The van der Waals surface area contributed by atoms with Crippen LogP contribution in [0.3, 0.4) is 0 Å². The van der Waals surface area contributed by atoms with E-state index < -0.39 is 11.9 Å². The predicted octanol–water partition coefficient (Wildman–Crippen LogP) is 3.52. The van der Waals surface area contributed by atoms with Gasteiger partial charge in [0.1, 0.15) is 17.7 Å². The Bertz CT molecular complexity index is 1030. The molecule has 1 aliphatic heterocycles. The molecule has 0 saturated carbocycles. The van der Waals surface area contributed by atoms with E-state index >= 15 is 0 Å². The summed E-state index contributed by atoms with van der Waals surface area (Å²) in [5, 5.41) is 9.92. The third kappa shape index (κ3) is 3.19. The maximum atomic E-state index is 13.3. The maximum Gasteiger partial charge on any atom is 0.251 e. The Morgan fingerprint density at radius 2 is 2.00 bits per heavy atom. The number of fused-ring (bicyclic) bond motifs is 1. The number of hydrogen-bond donors (Lipinski definition) is 2. The molecule has 0 fully saturated rings. The molecular weight excluding hydrogens is 347 g/mol. The molecule has 27 heavy (non-hydrogen) atoms. The fourth-order valence-electron chi connectivity index (χ4n) is 3.29. The van der Waals surface area contributed by atoms with Gasteiger partial charge in [0.25, 0.3) is 5.91 Å². The zero-order valence-corrected chi connectivity index (χ0v) is 14.6. The molecule has 4 rings (SSSR count). The van der Waals surface area contributed by atoms with E-state index in [-0.39, 0.29) is 18.2 Å². The molecule has 136 valence electrons. The number of carbonyl (C=O) groups is 2. The van der Waals surface area contributed by atoms with Gasteiger partial charge in [0.2, 0.25) is 5.91 Å². The van der Waals surface area contributed by atoms with Gasteiger partial charge in [-0.2, -0.15) is 5.10 Å². The molecular formula is C20H17FN4O2. The van der Waals surface area contributed by atoms with Crippen molar-refractivity contribution >= 4 is 23.3 Å². The molecule has 2 heterocycles. The molecule has 1 atom stereocenters. The predicted molar refractivity (Wildman–Crippen MR) is 99.7 cm³/mol. The van der Waals surface area contributed by atoms with Gasteiger partial charge in [0.05, 0.1) is 12.1 Å². The van der Waals surface area contributed by atoms with Gasteiger partial charge >= 0.3 is 0 Å². The minimum absolute atomic E-state index is 0.0926. The third-order valence-electron chi connectivity index (χ3n) is 4.47. The van der Waals surface area contributed by atoms with Crippen LogP contribution in [0.15, 0.2) is 54.6 Å². The molecule has 0 aliphatic carbocycles. The SMILES string of the molecule is Cc1nn2c(c1-c1ccccc1)NC(=O)C2CC(=O)Nc1cccc(F)c1. The first kappa shape index (κ1) is 17.0. The van der Waals surface area contributed by atoms with Crippen LogP contribution in [-0.4, -0.2) is 21.6 Å². The van der Waals surface area contributed by atoms with Crippen LogP contribution in [0.4, 0.5) is 15.9 Å². The monoisotopic (exact) mass is 364 g/mol. The van der Waals surface area contributed by atoms with Crippen LogP contribution in [0.25, 0.3) is 11.1 Å². The fraction of sp³-hybridized carbons (Fsp3) is 0.150. The van der Waals surface area contributed by atoms with E-state index in [1.807, 2.05) is 37.3 Å². The average Bonchev–Trinajstić information content (AvgIpc) is 3.10. The highest BCUT2D eigenvalue weighted by molar-refractivity contribution is 6.04. The first-order valence-corrected chi connectivity index (χ1v) is 8.54. The van der Waals surface area contributed by atoms with Gasteiger partial charge in [-0.15, -0.1) is 0 Å². The molecule has 6 nitrogen and oxygen atoms in total.